The normalized spacial score (nSPS) is 24.6. The number of hydrogen-bond donors (Lipinski definition) is 0. The van der Waals surface area contributed by atoms with E-state index in [4.69, 9.17) is 13.7 Å². The Morgan fingerprint density at radius 1 is 1.04 bits per heavy atom. The van der Waals surface area contributed by atoms with E-state index < -0.39 is 15.4 Å². The van der Waals surface area contributed by atoms with Crippen molar-refractivity contribution >= 4 is 10.1 Å². The summed E-state index contributed by atoms with van der Waals surface area (Å²) in [5.74, 6) is 0.651. The summed E-state index contributed by atoms with van der Waals surface area (Å²) in [6.07, 6.45) is 3.58. The summed E-state index contributed by atoms with van der Waals surface area (Å²) in [5, 5.41) is -0.746. The van der Waals surface area contributed by atoms with E-state index in [-0.39, 0.29) is 6.04 Å². The zero-order valence-corrected chi connectivity index (χ0v) is 16.9. The lowest BCUT2D eigenvalue weighted by molar-refractivity contribution is 0.0881. The first-order valence-corrected chi connectivity index (χ1v) is 11.0. The maximum atomic E-state index is 13.2. The zero-order valence-electron chi connectivity index (χ0n) is 16.1. The average Bonchev–Trinajstić information content (AvgIpc) is 2.67. The van der Waals surface area contributed by atoms with Crippen molar-refractivity contribution < 1.29 is 22.1 Å². The van der Waals surface area contributed by atoms with Gasteiger partial charge in [-0.15, -0.1) is 0 Å². The van der Waals surface area contributed by atoms with Crippen LogP contribution in [0.15, 0.2) is 41.7 Å². The Morgan fingerprint density at radius 2 is 1.67 bits per heavy atom. The third-order valence-electron chi connectivity index (χ3n) is 5.32. The van der Waals surface area contributed by atoms with Gasteiger partial charge in [0.15, 0.2) is 0 Å². The fourth-order valence-electron chi connectivity index (χ4n) is 4.05. The lowest BCUT2D eigenvalue weighted by Gasteiger charge is -2.43. The van der Waals surface area contributed by atoms with Gasteiger partial charge in [0.2, 0.25) is 0 Å². The second kappa shape index (κ2) is 9.19. The summed E-state index contributed by atoms with van der Waals surface area (Å²) >= 11 is 0. The zero-order chi connectivity index (χ0) is 19.3. The second-order valence-electron chi connectivity index (χ2n) is 7.03. The van der Waals surface area contributed by atoms with Gasteiger partial charge in [0, 0.05) is 33.7 Å². The van der Waals surface area contributed by atoms with E-state index in [1.54, 1.807) is 14.2 Å². The number of rotatable bonds is 8. The molecule has 1 aliphatic heterocycles. The molecule has 0 saturated heterocycles. The quantitative estimate of drug-likeness (QED) is 0.631. The van der Waals surface area contributed by atoms with Crippen LogP contribution in [0.1, 0.15) is 36.5 Å². The van der Waals surface area contributed by atoms with E-state index in [9.17, 15) is 8.42 Å². The summed E-state index contributed by atoms with van der Waals surface area (Å²) in [6.45, 7) is 2.34. The molecule has 1 aliphatic carbocycles. The minimum Gasteiger partial charge on any atom is -0.386 e. The summed E-state index contributed by atoms with van der Waals surface area (Å²) in [5.41, 5.74) is 1.89. The first-order chi connectivity index (χ1) is 13.1. The Hall–Kier alpha value is -1.41. The topological polar surface area (TPSA) is 65.1 Å². The van der Waals surface area contributed by atoms with Crippen molar-refractivity contribution in [1.82, 2.24) is 4.90 Å². The van der Waals surface area contributed by atoms with E-state index >= 15 is 0 Å². The Labute approximate surface area is 162 Å². The molecular weight excluding hydrogens is 366 g/mol. The number of nitrogens with zero attached hydrogens (tertiary/aromatic N) is 1. The standard InChI is InChI=1S/C20H29NO5S/c1-24-14-12-21(13-15-25-2)19-17-10-6-7-11-18(17)26-27(22,23)20(19)16-8-4-3-5-9-16/h3-5,8-9,19-20H,6-7,10-15H2,1-2H3/t19-,20-/m0/s1. The molecule has 3 rings (SSSR count). The van der Waals surface area contributed by atoms with Crippen molar-refractivity contribution in [3.63, 3.8) is 0 Å². The van der Waals surface area contributed by atoms with E-state index in [0.717, 1.165) is 30.4 Å². The van der Waals surface area contributed by atoms with Crippen LogP contribution in [0.4, 0.5) is 0 Å². The van der Waals surface area contributed by atoms with Crippen molar-refractivity contribution in [2.24, 2.45) is 0 Å². The van der Waals surface area contributed by atoms with Crippen molar-refractivity contribution in [2.75, 3.05) is 40.5 Å². The Morgan fingerprint density at radius 3 is 2.30 bits per heavy atom. The van der Waals surface area contributed by atoms with Crippen molar-refractivity contribution in [1.29, 1.82) is 0 Å². The van der Waals surface area contributed by atoms with E-state index in [1.165, 1.54) is 0 Å². The van der Waals surface area contributed by atoms with Crippen LogP contribution in [0.5, 0.6) is 0 Å². The largest absolute Gasteiger partial charge is 0.386 e. The summed E-state index contributed by atoms with van der Waals surface area (Å²) in [4.78, 5) is 2.19. The van der Waals surface area contributed by atoms with Crippen LogP contribution in [-0.2, 0) is 23.8 Å². The molecule has 0 fully saturated rings. The number of methoxy groups -OCH3 is 2. The van der Waals surface area contributed by atoms with Crippen LogP contribution in [0.3, 0.4) is 0 Å². The van der Waals surface area contributed by atoms with Gasteiger partial charge in [-0.05, 0) is 30.4 Å². The maximum Gasteiger partial charge on any atom is 0.317 e. The van der Waals surface area contributed by atoms with Crippen LogP contribution < -0.4 is 0 Å². The molecule has 1 heterocycles. The molecule has 0 aromatic heterocycles. The Bertz CT molecular complexity index is 739. The van der Waals surface area contributed by atoms with Crippen LogP contribution in [0, 0.1) is 0 Å². The van der Waals surface area contributed by atoms with Gasteiger partial charge in [0.25, 0.3) is 0 Å². The van der Waals surface area contributed by atoms with Gasteiger partial charge in [-0.25, -0.2) is 0 Å². The highest BCUT2D eigenvalue weighted by Crippen LogP contribution is 2.45. The molecule has 2 atom stereocenters. The molecule has 0 bridgehead atoms. The predicted octanol–water partition coefficient (Wildman–Crippen LogP) is 2.88. The van der Waals surface area contributed by atoms with Gasteiger partial charge in [-0.2, -0.15) is 8.42 Å². The van der Waals surface area contributed by atoms with Gasteiger partial charge >= 0.3 is 10.1 Å². The molecule has 1 aromatic carbocycles. The van der Waals surface area contributed by atoms with Gasteiger partial charge in [0.1, 0.15) is 11.0 Å². The fourth-order valence-corrected chi connectivity index (χ4v) is 5.77. The predicted molar refractivity (Wildman–Crippen MR) is 104 cm³/mol. The molecule has 150 valence electrons. The van der Waals surface area contributed by atoms with Gasteiger partial charge in [-0.3, -0.25) is 4.90 Å². The summed E-state index contributed by atoms with van der Waals surface area (Å²) in [7, 11) is -0.449. The molecule has 7 heteroatoms. The number of allylic oxidation sites excluding steroid dienone is 1. The maximum absolute atomic E-state index is 13.2. The highest BCUT2D eigenvalue weighted by molar-refractivity contribution is 7.87. The molecule has 0 amide bonds. The molecule has 0 saturated carbocycles. The van der Waals surface area contributed by atoms with E-state index in [1.807, 2.05) is 30.3 Å². The first kappa shape index (κ1) is 20.3. The minimum atomic E-state index is -3.77. The molecule has 2 aliphatic rings. The highest BCUT2D eigenvalue weighted by Gasteiger charge is 2.47. The second-order valence-corrected chi connectivity index (χ2v) is 8.69. The van der Waals surface area contributed by atoms with Crippen molar-refractivity contribution in [3.05, 3.63) is 47.2 Å². The third-order valence-corrected chi connectivity index (χ3v) is 6.90. The first-order valence-electron chi connectivity index (χ1n) is 9.50. The van der Waals surface area contributed by atoms with Gasteiger partial charge < -0.3 is 13.7 Å². The lowest BCUT2D eigenvalue weighted by atomic mass is 9.87. The lowest BCUT2D eigenvalue weighted by Crippen LogP contribution is -2.49. The Kier molecular flexibility index (Phi) is 6.92. The molecule has 0 radical (unpaired) electrons. The number of benzene rings is 1. The van der Waals surface area contributed by atoms with E-state index in [0.29, 0.717) is 38.5 Å². The molecule has 1 aromatic rings. The molecular formula is C20H29NO5S. The van der Waals surface area contributed by atoms with Crippen LogP contribution in [0.2, 0.25) is 0 Å². The summed E-state index contributed by atoms with van der Waals surface area (Å²) in [6, 6.07) is 9.14. The number of hydrogen-bond acceptors (Lipinski definition) is 6. The smallest absolute Gasteiger partial charge is 0.317 e. The fraction of sp³-hybridized carbons (Fsp3) is 0.600. The van der Waals surface area contributed by atoms with Crippen LogP contribution in [0.25, 0.3) is 0 Å². The van der Waals surface area contributed by atoms with Crippen molar-refractivity contribution in [3.8, 4) is 0 Å². The number of ether oxygens (including phenoxy) is 2. The average molecular weight is 396 g/mol. The molecule has 6 nitrogen and oxygen atoms in total. The monoisotopic (exact) mass is 395 g/mol. The van der Waals surface area contributed by atoms with Gasteiger partial charge in [0.05, 0.1) is 19.3 Å². The minimum absolute atomic E-state index is 0.258. The van der Waals surface area contributed by atoms with Crippen LogP contribution in [-0.4, -0.2) is 59.9 Å². The van der Waals surface area contributed by atoms with Gasteiger partial charge in [-0.1, -0.05) is 30.3 Å². The molecule has 0 N–H and O–H groups in total. The SMILES string of the molecule is COCCN(CCOC)[C@H]1C2=C(CCCC2)OS(=O)(=O)[C@H]1c1ccccc1. The van der Waals surface area contributed by atoms with Crippen molar-refractivity contribution in [2.45, 2.75) is 37.0 Å². The third kappa shape index (κ3) is 4.54. The molecule has 0 spiro atoms. The highest BCUT2D eigenvalue weighted by atomic mass is 32.2. The van der Waals surface area contributed by atoms with Crippen LogP contribution >= 0.6 is 0 Å². The molecule has 27 heavy (non-hydrogen) atoms. The summed E-state index contributed by atoms with van der Waals surface area (Å²) < 4.78 is 42.5. The molecule has 0 unspecified atom stereocenters. The Balaban J connectivity index is 2.08. The van der Waals surface area contributed by atoms with E-state index in [2.05, 4.69) is 4.90 Å².